The first kappa shape index (κ1) is 20.0. The molecule has 30 heavy (non-hydrogen) atoms. The van der Waals surface area contributed by atoms with E-state index < -0.39 is 0 Å². The number of ketones is 1. The summed E-state index contributed by atoms with van der Waals surface area (Å²) >= 11 is 1.47. The Balaban J connectivity index is 1.39. The second kappa shape index (κ2) is 9.00. The molecule has 0 fully saturated rings. The van der Waals surface area contributed by atoms with E-state index in [2.05, 4.69) is 34.5 Å². The Labute approximate surface area is 179 Å². The fourth-order valence-corrected chi connectivity index (χ4v) is 4.00. The van der Waals surface area contributed by atoms with Gasteiger partial charge in [0.1, 0.15) is 5.75 Å². The molecule has 2 N–H and O–H groups in total. The molecule has 0 saturated heterocycles. The van der Waals surface area contributed by atoms with Crippen LogP contribution in [0.4, 0.5) is 0 Å². The zero-order valence-corrected chi connectivity index (χ0v) is 17.4. The first-order chi connectivity index (χ1) is 14.6. The van der Waals surface area contributed by atoms with Crippen LogP contribution in [0.1, 0.15) is 28.7 Å². The predicted molar refractivity (Wildman–Crippen MR) is 120 cm³/mol. The van der Waals surface area contributed by atoms with Crippen molar-refractivity contribution in [3.8, 4) is 5.75 Å². The number of nitrogens with zero attached hydrogens (tertiary/aromatic N) is 3. The van der Waals surface area contributed by atoms with Gasteiger partial charge in [-0.05, 0) is 35.4 Å². The minimum absolute atomic E-state index is 0.0157. The van der Waals surface area contributed by atoms with E-state index in [9.17, 15) is 4.79 Å². The maximum Gasteiger partial charge on any atom is 0.209 e. The van der Waals surface area contributed by atoms with Crippen molar-refractivity contribution < 1.29 is 9.53 Å². The molecule has 6 nitrogen and oxygen atoms in total. The van der Waals surface area contributed by atoms with Crippen LogP contribution in [0.15, 0.2) is 71.9 Å². The number of aromatic nitrogens is 3. The summed E-state index contributed by atoms with van der Waals surface area (Å²) in [4.78, 5) is 11.7. The lowest BCUT2D eigenvalue weighted by molar-refractivity contribution is 0.101. The third-order valence-electron chi connectivity index (χ3n) is 4.80. The number of carbonyl (C=O) groups excluding carboxylic acids is 1. The van der Waals surface area contributed by atoms with Crippen LogP contribution in [0.2, 0.25) is 0 Å². The molecule has 3 aromatic carbocycles. The topological polar surface area (TPSA) is 83.0 Å². The van der Waals surface area contributed by atoms with E-state index >= 15 is 0 Å². The number of Topliss-reactive ketones (excluding diaryl/α,β-unsaturated/α-hetero) is 1. The molecule has 4 rings (SSSR count). The molecule has 0 spiro atoms. The highest BCUT2D eigenvalue weighted by Crippen LogP contribution is 2.23. The van der Waals surface area contributed by atoms with Gasteiger partial charge in [0, 0.05) is 12.2 Å². The number of para-hydroxylation sites is 1. The smallest absolute Gasteiger partial charge is 0.209 e. The fourth-order valence-electron chi connectivity index (χ4n) is 3.31. The van der Waals surface area contributed by atoms with Crippen LogP contribution in [0.5, 0.6) is 5.75 Å². The molecule has 1 heterocycles. The second-order valence-electron chi connectivity index (χ2n) is 6.83. The van der Waals surface area contributed by atoms with E-state index in [0.29, 0.717) is 41.1 Å². The van der Waals surface area contributed by atoms with Gasteiger partial charge in [0.2, 0.25) is 5.16 Å². The van der Waals surface area contributed by atoms with Crippen LogP contribution in [0.3, 0.4) is 0 Å². The number of nitrogens with two attached hydrogens (primary N) is 1. The van der Waals surface area contributed by atoms with Crippen LogP contribution < -0.4 is 10.6 Å². The van der Waals surface area contributed by atoms with Gasteiger partial charge in [-0.1, -0.05) is 66.4 Å². The Morgan fingerprint density at radius 3 is 2.67 bits per heavy atom. The van der Waals surface area contributed by atoms with Crippen molar-refractivity contribution in [3.05, 3.63) is 83.7 Å². The van der Waals surface area contributed by atoms with Gasteiger partial charge in [-0.15, -0.1) is 10.2 Å². The summed E-state index contributed by atoms with van der Waals surface area (Å²) in [5.41, 5.74) is 1.75. The predicted octanol–water partition coefficient (Wildman–Crippen LogP) is 4.11. The monoisotopic (exact) mass is 418 g/mol. The van der Waals surface area contributed by atoms with Crippen LogP contribution in [-0.4, -0.2) is 33.0 Å². The van der Waals surface area contributed by atoms with Gasteiger partial charge in [-0.2, -0.15) is 0 Å². The minimum Gasteiger partial charge on any atom is -0.492 e. The Morgan fingerprint density at radius 2 is 1.80 bits per heavy atom. The third-order valence-corrected chi connectivity index (χ3v) is 5.71. The molecule has 0 amide bonds. The lowest BCUT2D eigenvalue weighted by atomic mass is 10.0. The number of rotatable bonds is 8. The maximum absolute atomic E-state index is 11.7. The van der Waals surface area contributed by atoms with Gasteiger partial charge < -0.3 is 10.6 Å². The van der Waals surface area contributed by atoms with E-state index in [1.165, 1.54) is 34.1 Å². The van der Waals surface area contributed by atoms with Crippen LogP contribution >= 0.6 is 11.8 Å². The third kappa shape index (κ3) is 4.31. The standard InChI is InChI=1S/C23H22N4O2S/c1-16(28)19-10-4-5-12-21(19)29-13-14-30-23-26-25-22(27(23)24)15-18-9-6-8-17-7-2-3-11-20(17)18/h2-12H,13-15,24H2,1H3. The van der Waals surface area contributed by atoms with Crippen molar-refractivity contribution in [2.45, 2.75) is 18.5 Å². The number of thioether (sulfide) groups is 1. The molecule has 1 aromatic heterocycles. The van der Waals surface area contributed by atoms with Crippen molar-refractivity contribution in [1.82, 2.24) is 14.9 Å². The largest absolute Gasteiger partial charge is 0.492 e. The highest BCUT2D eigenvalue weighted by Gasteiger charge is 2.13. The first-order valence-corrected chi connectivity index (χ1v) is 10.6. The van der Waals surface area contributed by atoms with Gasteiger partial charge in [-0.25, -0.2) is 4.68 Å². The van der Waals surface area contributed by atoms with Gasteiger partial charge in [-0.3, -0.25) is 4.79 Å². The quantitative estimate of drug-likeness (QED) is 0.201. The first-order valence-electron chi connectivity index (χ1n) is 9.65. The summed E-state index contributed by atoms with van der Waals surface area (Å²) in [6, 6.07) is 21.7. The summed E-state index contributed by atoms with van der Waals surface area (Å²) in [7, 11) is 0. The van der Waals surface area contributed by atoms with Crippen LogP contribution in [0.25, 0.3) is 10.8 Å². The van der Waals surface area contributed by atoms with Crippen molar-refractivity contribution >= 4 is 28.3 Å². The van der Waals surface area contributed by atoms with Gasteiger partial charge in [0.25, 0.3) is 0 Å². The molecule has 0 bridgehead atoms. The number of ether oxygens (including phenoxy) is 1. The molecule has 0 radical (unpaired) electrons. The zero-order valence-electron chi connectivity index (χ0n) is 16.6. The van der Waals surface area contributed by atoms with Gasteiger partial charge in [0.15, 0.2) is 11.6 Å². The van der Waals surface area contributed by atoms with E-state index in [0.717, 1.165) is 5.56 Å². The molecule has 0 saturated carbocycles. The van der Waals surface area contributed by atoms with Crippen molar-refractivity contribution in [3.63, 3.8) is 0 Å². The zero-order chi connectivity index (χ0) is 20.9. The fraction of sp³-hybridized carbons (Fsp3) is 0.174. The SMILES string of the molecule is CC(=O)c1ccccc1OCCSc1nnc(Cc2cccc3ccccc23)n1N. The number of hydrogen-bond acceptors (Lipinski definition) is 6. The summed E-state index contributed by atoms with van der Waals surface area (Å²) < 4.78 is 7.31. The van der Waals surface area contributed by atoms with E-state index in [1.807, 2.05) is 30.3 Å². The molecule has 0 unspecified atom stereocenters. The lowest BCUT2D eigenvalue weighted by Gasteiger charge is -2.09. The molecule has 152 valence electrons. The van der Waals surface area contributed by atoms with Crippen molar-refractivity contribution in [1.29, 1.82) is 0 Å². The van der Waals surface area contributed by atoms with Crippen LogP contribution in [-0.2, 0) is 6.42 Å². The van der Waals surface area contributed by atoms with Gasteiger partial charge in [0.05, 0.1) is 12.2 Å². The van der Waals surface area contributed by atoms with E-state index in [-0.39, 0.29) is 5.78 Å². The second-order valence-corrected chi connectivity index (χ2v) is 7.90. The molecule has 4 aromatic rings. The lowest BCUT2D eigenvalue weighted by Crippen LogP contribution is -2.15. The summed E-state index contributed by atoms with van der Waals surface area (Å²) in [6.45, 7) is 1.96. The Morgan fingerprint density at radius 1 is 1.03 bits per heavy atom. The molecule has 7 heteroatoms. The number of nitrogen functional groups attached to an aromatic ring is 1. The highest BCUT2D eigenvalue weighted by atomic mass is 32.2. The molecular formula is C23H22N4O2S. The molecular weight excluding hydrogens is 396 g/mol. The van der Waals surface area contributed by atoms with Crippen LogP contribution in [0, 0.1) is 0 Å². The minimum atomic E-state index is -0.0157. The average Bonchev–Trinajstić information content (AvgIpc) is 3.11. The van der Waals surface area contributed by atoms with E-state index in [4.69, 9.17) is 10.6 Å². The molecule has 0 aliphatic heterocycles. The number of carbonyl (C=O) groups is 1. The highest BCUT2D eigenvalue weighted by molar-refractivity contribution is 7.99. The molecule has 0 aliphatic rings. The van der Waals surface area contributed by atoms with Crippen molar-refractivity contribution in [2.24, 2.45) is 0 Å². The Hall–Kier alpha value is -3.32. The molecule has 0 atom stereocenters. The normalized spacial score (nSPS) is 11.0. The number of fused-ring (bicyclic) bond motifs is 1. The van der Waals surface area contributed by atoms with E-state index in [1.54, 1.807) is 12.1 Å². The molecule has 0 aliphatic carbocycles. The number of benzene rings is 3. The summed E-state index contributed by atoms with van der Waals surface area (Å²) in [6.07, 6.45) is 0.605. The maximum atomic E-state index is 11.7. The number of hydrogen-bond donors (Lipinski definition) is 1. The summed E-state index contributed by atoms with van der Waals surface area (Å²) in [5.74, 6) is 8.16. The van der Waals surface area contributed by atoms with Gasteiger partial charge >= 0.3 is 0 Å². The summed E-state index contributed by atoms with van der Waals surface area (Å²) in [5, 5.41) is 11.5. The Kier molecular flexibility index (Phi) is 5.99. The van der Waals surface area contributed by atoms with Crippen molar-refractivity contribution in [2.75, 3.05) is 18.2 Å². The average molecular weight is 419 g/mol. The Bertz CT molecular complexity index is 1180.